The van der Waals surface area contributed by atoms with Crippen molar-refractivity contribution >= 4 is 23.7 Å². The molecule has 1 aliphatic rings. The number of amides is 2. The minimum atomic E-state index is -1.04. The van der Waals surface area contributed by atoms with Crippen molar-refractivity contribution in [3.05, 3.63) is 54.6 Å². The molecule has 9 nitrogen and oxygen atoms in total. The van der Waals surface area contributed by atoms with E-state index in [0.717, 1.165) is 0 Å². The Labute approximate surface area is 199 Å². The van der Waals surface area contributed by atoms with Gasteiger partial charge in [-0.2, -0.15) is 0 Å². The number of carbonyl (C=O) groups is 3. The van der Waals surface area contributed by atoms with Gasteiger partial charge in [0.25, 0.3) is 0 Å². The van der Waals surface area contributed by atoms with Crippen molar-refractivity contribution in [1.82, 2.24) is 10.2 Å². The molecule has 34 heavy (non-hydrogen) atoms. The van der Waals surface area contributed by atoms with E-state index < -0.39 is 17.7 Å². The minimum Gasteiger partial charge on any atom is -0.480 e. The van der Waals surface area contributed by atoms with Crippen LogP contribution in [-0.2, 0) is 14.3 Å². The Morgan fingerprint density at radius 2 is 1.68 bits per heavy atom. The summed E-state index contributed by atoms with van der Waals surface area (Å²) in [6.07, 6.45) is 0.0900. The summed E-state index contributed by atoms with van der Waals surface area (Å²) >= 11 is 0. The van der Waals surface area contributed by atoms with Gasteiger partial charge in [-0.05, 0) is 63.6 Å². The highest BCUT2D eigenvalue weighted by Crippen LogP contribution is 2.24. The molecule has 0 radical (unpaired) electrons. The number of hydrogen-bond donors (Lipinski definition) is 2. The molecule has 1 atom stereocenters. The van der Waals surface area contributed by atoms with Crippen molar-refractivity contribution in [3.8, 4) is 11.5 Å². The zero-order chi connectivity index (χ0) is 24.7. The van der Waals surface area contributed by atoms with Gasteiger partial charge in [-0.15, -0.1) is 0 Å². The molecule has 1 fully saturated rings. The number of carboxylic acids is 1. The first-order valence-corrected chi connectivity index (χ1v) is 11.2. The van der Waals surface area contributed by atoms with E-state index in [1.165, 1.54) is 4.90 Å². The Kier molecular flexibility index (Phi) is 7.99. The van der Waals surface area contributed by atoms with Crippen molar-refractivity contribution in [3.63, 3.8) is 0 Å². The zero-order valence-electron chi connectivity index (χ0n) is 19.7. The highest BCUT2D eigenvalue weighted by Gasteiger charge is 2.30. The average Bonchev–Trinajstić information content (AvgIpc) is 3.21. The molecule has 0 aromatic heterocycles. The number of benzene rings is 2. The van der Waals surface area contributed by atoms with Crippen LogP contribution in [0, 0.1) is 0 Å². The van der Waals surface area contributed by atoms with Gasteiger partial charge in [0.05, 0.1) is 12.6 Å². The maximum absolute atomic E-state index is 12.9. The topological polar surface area (TPSA) is 108 Å². The van der Waals surface area contributed by atoms with E-state index in [-0.39, 0.29) is 25.0 Å². The molecule has 2 N–H and O–H groups in total. The van der Waals surface area contributed by atoms with Gasteiger partial charge in [-0.25, -0.2) is 4.79 Å². The number of ether oxygens (including phenoxy) is 2. The van der Waals surface area contributed by atoms with E-state index in [0.29, 0.717) is 36.7 Å². The molecule has 2 amide bonds. The first-order chi connectivity index (χ1) is 16.1. The number of aliphatic carboxylic acids is 1. The fraction of sp³-hybridized carbons (Fsp3) is 0.400. The summed E-state index contributed by atoms with van der Waals surface area (Å²) in [5, 5.41) is 12.1. The molecular formula is C25H31N3O6. The molecular weight excluding hydrogens is 438 g/mol. The third kappa shape index (κ3) is 7.68. The van der Waals surface area contributed by atoms with E-state index in [1.807, 2.05) is 30.3 Å². The predicted molar refractivity (Wildman–Crippen MR) is 127 cm³/mol. The zero-order valence-corrected chi connectivity index (χ0v) is 19.7. The van der Waals surface area contributed by atoms with E-state index in [1.54, 1.807) is 49.9 Å². The van der Waals surface area contributed by atoms with Crippen LogP contribution in [0.15, 0.2) is 54.6 Å². The van der Waals surface area contributed by atoms with Gasteiger partial charge >= 0.3 is 12.1 Å². The van der Waals surface area contributed by atoms with Crippen LogP contribution in [0.25, 0.3) is 0 Å². The van der Waals surface area contributed by atoms with Crippen molar-refractivity contribution in [2.24, 2.45) is 0 Å². The molecule has 0 saturated carbocycles. The average molecular weight is 470 g/mol. The second-order valence-corrected chi connectivity index (χ2v) is 9.13. The second kappa shape index (κ2) is 10.9. The number of rotatable bonds is 8. The number of likely N-dealkylation sites (tertiary alicyclic amines) is 1. The van der Waals surface area contributed by atoms with E-state index in [4.69, 9.17) is 9.47 Å². The molecule has 0 aliphatic carbocycles. The fourth-order valence-corrected chi connectivity index (χ4v) is 3.59. The predicted octanol–water partition coefficient (Wildman–Crippen LogP) is 3.50. The molecule has 9 heteroatoms. The highest BCUT2D eigenvalue weighted by atomic mass is 16.6. The van der Waals surface area contributed by atoms with Crippen LogP contribution in [0.3, 0.4) is 0 Å². The van der Waals surface area contributed by atoms with Gasteiger partial charge in [0.2, 0.25) is 5.91 Å². The molecule has 1 heterocycles. The lowest BCUT2D eigenvalue weighted by Crippen LogP contribution is -2.44. The lowest BCUT2D eigenvalue weighted by molar-refractivity contribution is -0.135. The van der Waals surface area contributed by atoms with Crippen LogP contribution in [0.4, 0.5) is 10.5 Å². The maximum Gasteiger partial charge on any atom is 0.407 e. The summed E-state index contributed by atoms with van der Waals surface area (Å²) in [5.41, 5.74) is -0.00389. The quantitative estimate of drug-likeness (QED) is 0.609. The summed E-state index contributed by atoms with van der Waals surface area (Å²) in [4.78, 5) is 39.5. The Balaban J connectivity index is 1.59. The van der Waals surface area contributed by atoms with Gasteiger partial charge in [-0.1, -0.05) is 18.2 Å². The second-order valence-electron chi connectivity index (χ2n) is 9.13. The number of carbonyl (C=O) groups excluding carboxylic acids is 2. The first kappa shape index (κ1) is 24.9. The van der Waals surface area contributed by atoms with Crippen LogP contribution < -0.4 is 15.0 Å². The largest absolute Gasteiger partial charge is 0.480 e. The summed E-state index contributed by atoms with van der Waals surface area (Å²) in [6.45, 7) is 5.77. The number of carboxylic acid groups (broad SMARTS) is 1. The summed E-state index contributed by atoms with van der Waals surface area (Å²) in [6, 6.07) is 16.0. The van der Waals surface area contributed by atoms with Crippen molar-refractivity contribution in [1.29, 1.82) is 0 Å². The molecule has 1 unspecified atom stereocenters. The summed E-state index contributed by atoms with van der Waals surface area (Å²) < 4.78 is 11.0. The number of hydrogen-bond acceptors (Lipinski definition) is 6. The monoisotopic (exact) mass is 469 g/mol. The third-order valence-corrected chi connectivity index (χ3v) is 5.09. The van der Waals surface area contributed by atoms with E-state index >= 15 is 0 Å². The lowest BCUT2D eigenvalue weighted by atomic mass is 10.2. The van der Waals surface area contributed by atoms with Crippen LogP contribution in [0.5, 0.6) is 11.5 Å². The maximum atomic E-state index is 12.9. The third-order valence-electron chi connectivity index (χ3n) is 5.09. The fourth-order valence-electron chi connectivity index (χ4n) is 3.59. The lowest BCUT2D eigenvalue weighted by Gasteiger charge is -2.26. The van der Waals surface area contributed by atoms with Crippen LogP contribution in [0.1, 0.15) is 27.2 Å². The van der Waals surface area contributed by atoms with Crippen molar-refractivity contribution in [2.75, 3.05) is 31.1 Å². The molecule has 2 aromatic rings. The summed E-state index contributed by atoms with van der Waals surface area (Å²) in [7, 11) is 0. The minimum absolute atomic E-state index is 0.0929. The van der Waals surface area contributed by atoms with Gasteiger partial charge in [-0.3, -0.25) is 9.59 Å². The van der Waals surface area contributed by atoms with Gasteiger partial charge < -0.3 is 29.7 Å². The number of nitrogens with one attached hydrogen (secondary N) is 1. The molecule has 1 aliphatic heterocycles. The summed E-state index contributed by atoms with van der Waals surface area (Å²) in [5.74, 6) is 0.0474. The Morgan fingerprint density at radius 3 is 2.29 bits per heavy atom. The van der Waals surface area contributed by atoms with Crippen LogP contribution in [0.2, 0.25) is 0 Å². The Morgan fingerprint density at radius 1 is 1.03 bits per heavy atom. The van der Waals surface area contributed by atoms with E-state index in [9.17, 15) is 19.5 Å². The standard InChI is InChI=1S/C25H31N3O6/c1-25(2,3)34-24(32)26-18-13-14-27(15-18)22(29)16-28(17-23(30)31)19-9-11-21(12-10-19)33-20-7-5-4-6-8-20/h4-12,18H,13-17H2,1-3H3,(H,26,32)(H,30,31). The normalized spacial score (nSPS) is 15.5. The van der Waals surface area contributed by atoms with Gasteiger partial charge in [0.15, 0.2) is 0 Å². The molecule has 3 rings (SSSR count). The Bertz CT molecular complexity index is 988. The van der Waals surface area contributed by atoms with E-state index in [2.05, 4.69) is 5.32 Å². The first-order valence-electron chi connectivity index (χ1n) is 11.2. The SMILES string of the molecule is CC(C)(C)OC(=O)NC1CCN(C(=O)CN(CC(=O)O)c2ccc(Oc3ccccc3)cc2)C1. The molecule has 1 saturated heterocycles. The molecule has 0 bridgehead atoms. The van der Waals surface area contributed by atoms with Crippen molar-refractivity contribution < 1.29 is 29.0 Å². The number of para-hydroxylation sites is 1. The van der Waals surface area contributed by atoms with Gasteiger partial charge in [0, 0.05) is 18.8 Å². The Hall–Kier alpha value is -3.75. The number of alkyl carbamates (subject to hydrolysis) is 1. The molecule has 2 aromatic carbocycles. The van der Waals surface area contributed by atoms with Crippen LogP contribution >= 0.6 is 0 Å². The smallest absolute Gasteiger partial charge is 0.407 e. The highest BCUT2D eigenvalue weighted by molar-refractivity contribution is 5.84. The molecule has 0 spiro atoms. The van der Waals surface area contributed by atoms with Crippen LogP contribution in [-0.4, -0.2) is 65.8 Å². The van der Waals surface area contributed by atoms with Crippen molar-refractivity contribution in [2.45, 2.75) is 38.8 Å². The number of anilines is 1. The number of nitrogens with zero attached hydrogens (tertiary/aromatic N) is 2. The molecule has 182 valence electrons. The van der Waals surface area contributed by atoms with Gasteiger partial charge in [0.1, 0.15) is 23.6 Å².